The minimum absolute atomic E-state index is 0.683. The Kier molecular flexibility index (Phi) is 3.01. The van der Waals surface area contributed by atoms with Crippen LogP contribution in [0.3, 0.4) is 0 Å². The maximum Gasteiger partial charge on any atom is 0.143 e. The molecule has 1 aromatic carbocycles. The zero-order valence-corrected chi connectivity index (χ0v) is 9.74. The number of aryl methyl sites for hydroxylation is 1. The number of nitrogens with one attached hydrogen (secondary N) is 1. The molecule has 0 fully saturated rings. The summed E-state index contributed by atoms with van der Waals surface area (Å²) in [5.74, 6) is 1.65. The predicted molar refractivity (Wildman–Crippen MR) is 63.6 cm³/mol. The Morgan fingerprint density at radius 2 is 2.12 bits per heavy atom. The summed E-state index contributed by atoms with van der Waals surface area (Å²) >= 11 is 0. The molecule has 0 saturated carbocycles. The second-order valence-electron chi connectivity index (χ2n) is 3.64. The molecule has 4 nitrogen and oxygen atoms in total. The van der Waals surface area contributed by atoms with E-state index >= 15 is 0 Å². The van der Waals surface area contributed by atoms with Gasteiger partial charge < -0.3 is 10.1 Å². The summed E-state index contributed by atoms with van der Waals surface area (Å²) in [6.07, 6.45) is 0. The molecule has 0 aliphatic rings. The molecule has 0 unspecified atom stereocenters. The first-order valence-electron chi connectivity index (χ1n) is 5.20. The number of hydrogen-bond donors (Lipinski definition) is 1. The fraction of sp³-hybridized carbons (Fsp3) is 0.333. The largest absolute Gasteiger partial charge is 0.497 e. The number of aromatic nitrogens is 2. The van der Waals surface area contributed by atoms with Gasteiger partial charge in [-0.2, -0.15) is 0 Å². The normalized spacial score (nSPS) is 10.7. The van der Waals surface area contributed by atoms with E-state index < -0.39 is 0 Å². The van der Waals surface area contributed by atoms with Crippen molar-refractivity contribution in [2.45, 2.75) is 13.5 Å². The summed E-state index contributed by atoms with van der Waals surface area (Å²) in [6, 6.07) is 5.84. The smallest absolute Gasteiger partial charge is 0.143 e. The lowest BCUT2D eigenvalue weighted by molar-refractivity contribution is 0.415. The van der Waals surface area contributed by atoms with Crippen molar-refractivity contribution < 1.29 is 4.74 Å². The van der Waals surface area contributed by atoms with Gasteiger partial charge in [0.2, 0.25) is 0 Å². The molecule has 0 spiro atoms. The summed E-state index contributed by atoms with van der Waals surface area (Å²) in [7, 11) is 3.55. The fourth-order valence-electron chi connectivity index (χ4n) is 1.68. The number of methoxy groups -OCH3 is 1. The Bertz CT molecular complexity index is 511. The van der Waals surface area contributed by atoms with Gasteiger partial charge in [0, 0.05) is 11.1 Å². The van der Waals surface area contributed by atoms with Crippen molar-refractivity contribution in [3.63, 3.8) is 0 Å². The van der Waals surface area contributed by atoms with E-state index in [4.69, 9.17) is 4.74 Å². The average Bonchev–Trinajstić information content (AvgIpc) is 2.29. The minimum atomic E-state index is 0.683. The average molecular weight is 217 g/mol. The lowest BCUT2D eigenvalue weighted by Gasteiger charge is -2.06. The molecule has 1 heterocycles. The van der Waals surface area contributed by atoms with E-state index in [2.05, 4.69) is 15.3 Å². The third kappa shape index (κ3) is 1.97. The van der Waals surface area contributed by atoms with Gasteiger partial charge in [0.15, 0.2) is 0 Å². The van der Waals surface area contributed by atoms with Gasteiger partial charge in [0.25, 0.3) is 0 Å². The third-order valence-electron chi connectivity index (χ3n) is 2.47. The van der Waals surface area contributed by atoms with Crippen LogP contribution in [0, 0.1) is 6.92 Å². The SMILES string of the molecule is CNCc1nc(C)c2cc(OC)ccc2n1. The van der Waals surface area contributed by atoms with Gasteiger partial charge in [-0.25, -0.2) is 9.97 Å². The van der Waals surface area contributed by atoms with E-state index in [0.29, 0.717) is 6.54 Å². The van der Waals surface area contributed by atoms with E-state index in [0.717, 1.165) is 28.2 Å². The number of hydrogen-bond acceptors (Lipinski definition) is 4. The molecule has 4 heteroatoms. The molecular formula is C12H15N3O. The van der Waals surface area contributed by atoms with Crippen LogP contribution in [0.1, 0.15) is 11.5 Å². The maximum absolute atomic E-state index is 5.19. The van der Waals surface area contributed by atoms with Crippen molar-refractivity contribution in [1.29, 1.82) is 0 Å². The van der Waals surface area contributed by atoms with Gasteiger partial charge in [-0.1, -0.05) is 0 Å². The summed E-state index contributed by atoms with van der Waals surface area (Å²) in [5.41, 5.74) is 1.94. The first-order valence-corrected chi connectivity index (χ1v) is 5.20. The molecule has 0 aliphatic heterocycles. The molecule has 0 radical (unpaired) electrons. The Balaban J connectivity index is 2.57. The van der Waals surface area contributed by atoms with E-state index in [1.807, 2.05) is 32.2 Å². The summed E-state index contributed by atoms with van der Waals surface area (Å²) in [5, 5.41) is 4.09. The highest BCUT2D eigenvalue weighted by atomic mass is 16.5. The first-order chi connectivity index (χ1) is 7.74. The third-order valence-corrected chi connectivity index (χ3v) is 2.47. The first kappa shape index (κ1) is 10.8. The number of fused-ring (bicyclic) bond motifs is 1. The fourth-order valence-corrected chi connectivity index (χ4v) is 1.68. The van der Waals surface area contributed by atoms with Crippen molar-refractivity contribution in [2.24, 2.45) is 0 Å². The number of nitrogens with zero attached hydrogens (tertiary/aromatic N) is 2. The van der Waals surface area contributed by atoms with E-state index in [1.54, 1.807) is 7.11 Å². The van der Waals surface area contributed by atoms with Crippen molar-refractivity contribution in [3.05, 3.63) is 29.7 Å². The van der Waals surface area contributed by atoms with Gasteiger partial charge in [-0.3, -0.25) is 0 Å². The molecule has 1 N–H and O–H groups in total. The van der Waals surface area contributed by atoms with E-state index in [-0.39, 0.29) is 0 Å². The number of benzene rings is 1. The Labute approximate surface area is 94.7 Å². The molecule has 84 valence electrons. The van der Waals surface area contributed by atoms with Gasteiger partial charge >= 0.3 is 0 Å². The number of ether oxygens (including phenoxy) is 1. The second-order valence-corrected chi connectivity index (χ2v) is 3.64. The Hall–Kier alpha value is -1.68. The molecule has 2 aromatic rings. The molecule has 16 heavy (non-hydrogen) atoms. The molecule has 0 saturated heterocycles. The molecule has 0 amide bonds. The Morgan fingerprint density at radius 3 is 2.81 bits per heavy atom. The molecule has 0 atom stereocenters. The topological polar surface area (TPSA) is 47.0 Å². The zero-order chi connectivity index (χ0) is 11.5. The van der Waals surface area contributed by atoms with Gasteiger partial charge in [0.1, 0.15) is 11.6 Å². The molecule has 2 rings (SSSR count). The number of rotatable bonds is 3. The standard InChI is InChI=1S/C12H15N3O/c1-8-10-6-9(16-3)4-5-11(10)15-12(14-8)7-13-2/h4-6,13H,7H2,1-3H3. The van der Waals surface area contributed by atoms with Crippen LogP contribution in [0.5, 0.6) is 5.75 Å². The maximum atomic E-state index is 5.19. The highest BCUT2D eigenvalue weighted by Gasteiger charge is 2.05. The summed E-state index contributed by atoms with van der Waals surface area (Å²) < 4.78 is 5.19. The lowest BCUT2D eigenvalue weighted by Crippen LogP contribution is -2.09. The van der Waals surface area contributed by atoms with Gasteiger partial charge in [-0.15, -0.1) is 0 Å². The Morgan fingerprint density at radius 1 is 1.31 bits per heavy atom. The predicted octanol–water partition coefficient (Wildman–Crippen LogP) is 1.67. The van der Waals surface area contributed by atoms with Crippen LogP contribution < -0.4 is 10.1 Å². The molecule has 0 aliphatic carbocycles. The zero-order valence-electron chi connectivity index (χ0n) is 9.74. The highest BCUT2D eigenvalue weighted by Crippen LogP contribution is 2.21. The van der Waals surface area contributed by atoms with Crippen molar-refractivity contribution in [1.82, 2.24) is 15.3 Å². The van der Waals surface area contributed by atoms with Crippen molar-refractivity contribution >= 4 is 10.9 Å². The quantitative estimate of drug-likeness (QED) is 0.849. The van der Waals surface area contributed by atoms with E-state index in [9.17, 15) is 0 Å². The summed E-state index contributed by atoms with van der Waals surface area (Å²) in [4.78, 5) is 8.91. The molecular weight excluding hydrogens is 202 g/mol. The van der Waals surface area contributed by atoms with Crippen LogP contribution in [0.4, 0.5) is 0 Å². The van der Waals surface area contributed by atoms with Crippen LogP contribution in [-0.2, 0) is 6.54 Å². The highest BCUT2D eigenvalue weighted by molar-refractivity contribution is 5.82. The minimum Gasteiger partial charge on any atom is -0.497 e. The van der Waals surface area contributed by atoms with Crippen LogP contribution in [0.2, 0.25) is 0 Å². The summed E-state index contributed by atoms with van der Waals surface area (Å²) in [6.45, 7) is 2.67. The van der Waals surface area contributed by atoms with Crippen LogP contribution in [0.25, 0.3) is 10.9 Å². The van der Waals surface area contributed by atoms with Crippen LogP contribution >= 0.6 is 0 Å². The van der Waals surface area contributed by atoms with E-state index in [1.165, 1.54) is 0 Å². The monoisotopic (exact) mass is 217 g/mol. The van der Waals surface area contributed by atoms with Gasteiger partial charge in [-0.05, 0) is 32.2 Å². The molecule has 1 aromatic heterocycles. The van der Waals surface area contributed by atoms with Crippen LogP contribution in [0.15, 0.2) is 18.2 Å². The lowest BCUT2D eigenvalue weighted by atomic mass is 10.2. The van der Waals surface area contributed by atoms with Gasteiger partial charge in [0.05, 0.1) is 19.2 Å². The van der Waals surface area contributed by atoms with Crippen molar-refractivity contribution in [2.75, 3.05) is 14.2 Å². The van der Waals surface area contributed by atoms with Crippen LogP contribution in [-0.4, -0.2) is 24.1 Å². The second kappa shape index (κ2) is 4.45. The van der Waals surface area contributed by atoms with Crippen molar-refractivity contribution in [3.8, 4) is 5.75 Å². The molecule has 0 bridgehead atoms.